The van der Waals surface area contributed by atoms with Gasteiger partial charge < -0.3 is 0 Å². The number of halogens is 2. The van der Waals surface area contributed by atoms with Crippen molar-refractivity contribution in [1.29, 1.82) is 0 Å². The zero-order valence-corrected chi connectivity index (χ0v) is 12.8. The lowest BCUT2D eigenvalue weighted by atomic mass is 10.2. The van der Waals surface area contributed by atoms with Gasteiger partial charge in [-0.25, -0.2) is 14.4 Å². The number of fused-ring (bicyclic) bond motifs is 1. The second-order valence-electron chi connectivity index (χ2n) is 5.23. The largest absolute Gasteiger partial charge is 0.276 e. The monoisotopic (exact) mass is 303 g/mol. The van der Waals surface area contributed by atoms with Crippen LogP contribution in [-0.4, -0.2) is 14.5 Å². The van der Waals surface area contributed by atoms with Crippen molar-refractivity contribution in [2.24, 2.45) is 0 Å². The Morgan fingerprint density at radius 3 is 2.62 bits per heavy atom. The van der Waals surface area contributed by atoms with Crippen LogP contribution in [0.4, 0.5) is 4.39 Å². The van der Waals surface area contributed by atoms with Gasteiger partial charge in [0.05, 0.1) is 11.1 Å². The molecule has 2 heterocycles. The first kappa shape index (κ1) is 14.0. The maximum atomic E-state index is 14.3. The van der Waals surface area contributed by atoms with Crippen molar-refractivity contribution in [2.45, 2.75) is 26.1 Å². The Labute approximate surface area is 127 Å². The number of alkyl halides is 1. The van der Waals surface area contributed by atoms with E-state index in [1.165, 1.54) is 6.07 Å². The molecule has 3 aromatic rings. The van der Waals surface area contributed by atoms with Crippen LogP contribution in [0.1, 0.15) is 29.3 Å². The summed E-state index contributed by atoms with van der Waals surface area (Å²) in [5.74, 6) is 0.280. The average Bonchev–Trinajstić information content (AvgIpc) is 2.77. The second kappa shape index (κ2) is 5.11. The van der Waals surface area contributed by atoms with Crippen LogP contribution in [-0.2, 0) is 0 Å². The van der Waals surface area contributed by atoms with E-state index in [9.17, 15) is 4.39 Å². The normalized spacial score (nSPS) is 12.8. The fourth-order valence-corrected chi connectivity index (χ4v) is 2.53. The summed E-state index contributed by atoms with van der Waals surface area (Å²) in [7, 11) is 0. The molecule has 0 fully saturated rings. The number of aromatic nitrogens is 3. The summed E-state index contributed by atoms with van der Waals surface area (Å²) in [4.78, 5) is 8.91. The second-order valence-corrected chi connectivity index (χ2v) is 5.89. The van der Waals surface area contributed by atoms with Crippen molar-refractivity contribution in [3.05, 3.63) is 53.2 Å². The number of rotatable bonds is 2. The van der Waals surface area contributed by atoms with Gasteiger partial charge in [0.15, 0.2) is 5.65 Å². The van der Waals surface area contributed by atoms with E-state index in [0.717, 1.165) is 16.6 Å². The molecule has 3 nitrogen and oxygen atoms in total. The van der Waals surface area contributed by atoms with Crippen LogP contribution in [0.5, 0.6) is 0 Å². The summed E-state index contributed by atoms with van der Waals surface area (Å²) < 4.78 is 16.0. The predicted octanol–water partition coefficient (Wildman–Crippen LogP) is 4.48. The molecule has 21 heavy (non-hydrogen) atoms. The Hall–Kier alpha value is -1.94. The number of pyridine rings is 1. The van der Waals surface area contributed by atoms with Gasteiger partial charge in [-0.05, 0) is 50.1 Å². The molecule has 0 amide bonds. The molecule has 0 aliphatic rings. The minimum Gasteiger partial charge on any atom is -0.276 e. The fourth-order valence-electron chi connectivity index (χ4n) is 2.38. The first-order valence-electron chi connectivity index (χ1n) is 6.73. The molecule has 108 valence electrons. The number of hydrogen-bond acceptors (Lipinski definition) is 2. The number of hydrogen-bond donors (Lipinski definition) is 0. The van der Waals surface area contributed by atoms with Gasteiger partial charge in [-0.3, -0.25) is 4.57 Å². The minimum atomic E-state index is -0.347. The summed E-state index contributed by atoms with van der Waals surface area (Å²) >= 11 is 6.22. The molecule has 0 saturated carbocycles. The molecule has 0 aliphatic heterocycles. The van der Waals surface area contributed by atoms with Gasteiger partial charge in [0.25, 0.3) is 0 Å². The van der Waals surface area contributed by atoms with Crippen LogP contribution in [0.3, 0.4) is 0 Å². The van der Waals surface area contributed by atoms with E-state index in [0.29, 0.717) is 17.2 Å². The van der Waals surface area contributed by atoms with E-state index in [1.807, 2.05) is 32.9 Å². The molecule has 0 N–H and O–H groups in total. The Morgan fingerprint density at radius 1 is 1.19 bits per heavy atom. The Balaban J connectivity index is 2.36. The first-order chi connectivity index (χ1) is 9.97. The average molecular weight is 304 g/mol. The van der Waals surface area contributed by atoms with Crippen LogP contribution >= 0.6 is 11.6 Å². The fraction of sp³-hybridized carbons (Fsp3) is 0.250. The number of aryl methyl sites for hydroxylation is 2. The highest BCUT2D eigenvalue weighted by Crippen LogP contribution is 2.28. The van der Waals surface area contributed by atoms with Crippen LogP contribution in [0.2, 0.25) is 0 Å². The van der Waals surface area contributed by atoms with Crippen molar-refractivity contribution >= 4 is 22.8 Å². The van der Waals surface area contributed by atoms with Gasteiger partial charge in [0.2, 0.25) is 0 Å². The van der Waals surface area contributed by atoms with Gasteiger partial charge in [-0.2, -0.15) is 0 Å². The summed E-state index contributed by atoms with van der Waals surface area (Å²) in [6, 6.07) is 7.02. The van der Waals surface area contributed by atoms with Crippen LogP contribution < -0.4 is 0 Å². The summed E-state index contributed by atoms with van der Waals surface area (Å²) in [5.41, 5.74) is 3.63. The maximum absolute atomic E-state index is 14.3. The highest BCUT2D eigenvalue weighted by atomic mass is 35.5. The first-order valence-corrected chi connectivity index (χ1v) is 7.16. The lowest BCUT2D eigenvalue weighted by molar-refractivity contribution is 0.615. The van der Waals surface area contributed by atoms with Gasteiger partial charge in [0.1, 0.15) is 17.2 Å². The van der Waals surface area contributed by atoms with E-state index < -0.39 is 0 Å². The molecule has 2 aromatic heterocycles. The Morgan fingerprint density at radius 2 is 1.95 bits per heavy atom. The van der Waals surface area contributed by atoms with E-state index in [-0.39, 0.29) is 11.2 Å². The lowest BCUT2D eigenvalue weighted by Crippen LogP contribution is -2.05. The molecule has 1 atom stereocenters. The molecule has 0 saturated heterocycles. The van der Waals surface area contributed by atoms with Crippen molar-refractivity contribution in [1.82, 2.24) is 14.5 Å². The van der Waals surface area contributed by atoms with Crippen LogP contribution in [0, 0.1) is 19.7 Å². The van der Waals surface area contributed by atoms with Crippen molar-refractivity contribution in [2.75, 3.05) is 0 Å². The van der Waals surface area contributed by atoms with Gasteiger partial charge in [-0.1, -0.05) is 6.07 Å². The Kier molecular flexibility index (Phi) is 3.41. The topological polar surface area (TPSA) is 30.7 Å². The zero-order chi connectivity index (χ0) is 15.1. The van der Waals surface area contributed by atoms with Crippen molar-refractivity contribution in [3.8, 4) is 5.69 Å². The molecule has 1 unspecified atom stereocenters. The van der Waals surface area contributed by atoms with E-state index in [1.54, 1.807) is 16.8 Å². The maximum Gasteiger partial charge on any atom is 0.164 e. The van der Waals surface area contributed by atoms with E-state index >= 15 is 0 Å². The Bertz CT molecular complexity index is 824. The van der Waals surface area contributed by atoms with Gasteiger partial charge >= 0.3 is 0 Å². The van der Waals surface area contributed by atoms with Gasteiger partial charge in [-0.15, -0.1) is 11.6 Å². The standard InChI is InChI=1S/C16H15ClFN3/c1-9-4-5-14(12(18)6-9)21-15(11(3)17)20-13-7-10(2)8-19-16(13)21/h4-8,11H,1-3H3. The summed E-state index contributed by atoms with van der Waals surface area (Å²) in [6.45, 7) is 5.62. The molecular weight excluding hydrogens is 289 g/mol. The van der Waals surface area contributed by atoms with Crippen LogP contribution in [0.15, 0.2) is 30.5 Å². The molecule has 1 aromatic carbocycles. The molecule has 0 bridgehead atoms. The SMILES string of the molecule is Cc1ccc(-n2c(C(C)Cl)nc3cc(C)cnc32)c(F)c1. The van der Waals surface area contributed by atoms with Crippen LogP contribution in [0.25, 0.3) is 16.9 Å². The molecule has 5 heteroatoms. The smallest absolute Gasteiger partial charge is 0.164 e. The molecule has 0 aliphatic carbocycles. The summed E-state index contributed by atoms with van der Waals surface area (Å²) in [5, 5.41) is -0.347. The van der Waals surface area contributed by atoms with E-state index in [2.05, 4.69) is 9.97 Å². The van der Waals surface area contributed by atoms with Gasteiger partial charge in [0, 0.05) is 6.20 Å². The molecule has 0 spiro atoms. The van der Waals surface area contributed by atoms with Crippen molar-refractivity contribution < 1.29 is 4.39 Å². The number of benzene rings is 1. The lowest BCUT2D eigenvalue weighted by Gasteiger charge is -2.11. The minimum absolute atomic E-state index is 0.310. The highest BCUT2D eigenvalue weighted by Gasteiger charge is 2.19. The van der Waals surface area contributed by atoms with E-state index in [4.69, 9.17) is 11.6 Å². The predicted molar refractivity (Wildman–Crippen MR) is 82.6 cm³/mol. The third-order valence-corrected chi connectivity index (χ3v) is 3.55. The summed E-state index contributed by atoms with van der Waals surface area (Å²) in [6.07, 6.45) is 1.75. The number of nitrogens with zero attached hydrogens (tertiary/aromatic N) is 3. The quantitative estimate of drug-likeness (QED) is 0.654. The third kappa shape index (κ3) is 2.40. The highest BCUT2D eigenvalue weighted by molar-refractivity contribution is 6.20. The molecular formula is C16H15ClFN3. The molecule has 3 rings (SSSR count). The third-order valence-electron chi connectivity index (χ3n) is 3.36. The zero-order valence-electron chi connectivity index (χ0n) is 12.1. The molecule has 0 radical (unpaired) electrons. The van der Waals surface area contributed by atoms with Crippen molar-refractivity contribution in [3.63, 3.8) is 0 Å². The number of imidazole rings is 1.